The van der Waals surface area contributed by atoms with Gasteiger partial charge in [-0.1, -0.05) is 5.16 Å². The average molecular weight is 279 g/mol. The molecule has 4 N–H and O–H groups in total. The number of nitrogens with two attached hydrogens (primary N) is 1. The van der Waals surface area contributed by atoms with E-state index in [4.69, 9.17) is 15.7 Å². The molecule has 1 saturated heterocycles. The van der Waals surface area contributed by atoms with Crippen molar-refractivity contribution < 1.29 is 15.1 Å². The van der Waals surface area contributed by atoms with E-state index in [1.54, 1.807) is 24.3 Å². The van der Waals surface area contributed by atoms with Gasteiger partial charge >= 0.3 is 0 Å². The van der Waals surface area contributed by atoms with Crippen LogP contribution >= 0.6 is 0 Å². The van der Waals surface area contributed by atoms with Crippen molar-refractivity contribution in [2.45, 2.75) is 18.9 Å². The van der Waals surface area contributed by atoms with Crippen molar-refractivity contribution in [3.05, 3.63) is 29.8 Å². The van der Waals surface area contributed by atoms with Crippen molar-refractivity contribution in [3.63, 3.8) is 0 Å². The number of benzene rings is 1. The molecule has 1 aliphatic rings. The van der Waals surface area contributed by atoms with E-state index in [1.165, 1.54) is 0 Å². The Morgan fingerprint density at radius 1 is 1.40 bits per heavy atom. The fourth-order valence-electron chi connectivity index (χ4n) is 2.31. The number of rotatable bonds is 5. The minimum atomic E-state index is -0.205. The number of piperidine rings is 1. The highest BCUT2D eigenvalue weighted by atomic mass is 16.5. The Balaban J connectivity index is 1.76. The topological polar surface area (TPSA) is 91.3 Å². The minimum absolute atomic E-state index is 0.0823. The van der Waals surface area contributed by atoms with Gasteiger partial charge in [0.25, 0.3) is 0 Å². The summed E-state index contributed by atoms with van der Waals surface area (Å²) in [5.74, 6) is 0.830. The highest BCUT2D eigenvalue weighted by molar-refractivity contribution is 5.97. The number of ether oxygens (including phenoxy) is 1. The van der Waals surface area contributed by atoms with Crippen LogP contribution in [0.25, 0.3) is 0 Å². The molecule has 1 aliphatic heterocycles. The SMILES string of the molecule is NC(=NO)c1ccc(OCCN2CCCC(O)C2)cc1. The Bertz CT molecular complexity index is 447. The lowest BCUT2D eigenvalue weighted by Crippen LogP contribution is -2.40. The van der Waals surface area contributed by atoms with Crippen LogP contribution in [-0.4, -0.2) is 53.4 Å². The molecule has 110 valence electrons. The van der Waals surface area contributed by atoms with Gasteiger partial charge in [-0.25, -0.2) is 0 Å². The van der Waals surface area contributed by atoms with Crippen LogP contribution in [0, 0.1) is 0 Å². The maximum Gasteiger partial charge on any atom is 0.170 e. The van der Waals surface area contributed by atoms with E-state index in [0.29, 0.717) is 12.2 Å². The zero-order chi connectivity index (χ0) is 14.4. The van der Waals surface area contributed by atoms with Gasteiger partial charge in [0.05, 0.1) is 6.10 Å². The molecule has 0 aromatic heterocycles. The second-order valence-corrected chi connectivity index (χ2v) is 4.95. The van der Waals surface area contributed by atoms with Gasteiger partial charge in [-0.05, 0) is 43.7 Å². The second-order valence-electron chi connectivity index (χ2n) is 4.95. The molecule has 6 heteroatoms. The van der Waals surface area contributed by atoms with E-state index in [1.807, 2.05) is 0 Å². The molecular formula is C14H21N3O3. The van der Waals surface area contributed by atoms with Crippen molar-refractivity contribution in [1.82, 2.24) is 4.90 Å². The van der Waals surface area contributed by atoms with Crippen LogP contribution in [0.15, 0.2) is 29.4 Å². The van der Waals surface area contributed by atoms with Crippen LogP contribution in [0.1, 0.15) is 18.4 Å². The highest BCUT2D eigenvalue weighted by Crippen LogP contribution is 2.13. The Labute approximate surface area is 118 Å². The van der Waals surface area contributed by atoms with Crippen LogP contribution in [0.4, 0.5) is 0 Å². The van der Waals surface area contributed by atoms with Gasteiger partial charge < -0.3 is 20.8 Å². The number of amidine groups is 1. The predicted molar refractivity (Wildman–Crippen MR) is 76.1 cm³/mol. The summed E-state index contributed by atoms with van der Waals surface area (Å²) in [5, 5.41) is 21.1. The molecule has 1 aromatic rings. The monoisotopic (exact) mass is 279 g/mol. The summed E-state index contributed by atoms with van der Waals surface area (Å²) < 4.78 is 5.65. The number of nitrogens with zero attached hydrogens (tertiary/aromatic N) is 2. The zero-order valence-electron chi connectivity index (χ0n) is 11.4. The smallest absolute Gasteiger partial charge is 0.170 e. The molecule has 0 spiro atoms. The maximum atomic E-state index is 9.58. The molecular weight excluding hydrogens is 258 g/mol. The van der Waals surface area contributed by atoms with Crippen molar-refractivity contribution in [2.24, 2.45) is 10.9 Å². The van der Waals surface area contributed by atoms with Crippen molar-refractivity contribution >= 4 is 5.84 Å². The third-order valence-corrected chi connectivity index (χ3v) is 3.41. The molecule has 1 unspecified atom stereocenters. The van der Waals surface area contributed by atoms with Gasteiger partial charge in [0, 0.05) is 18.7 Å². The van der Waals surface area contributed by atoms with E-state index in [9.17, 15) is 5.11 Å². The summed E-state index contributed by atoms with van der Waals surface area (Å²) in [5.41, 5.74) is 6.14. The van der Waals surface area contributed by atoms with Crippen molar-refractivity contribution in [1.29, 1.82) is 0 Å². The first-order valence-electron chi connectivity index (χ1n) is 6.80. The number of hydrogen-bond donors (Lipinski definition) is 3. The molecule has 1 fully saturated rings. The first kappa shape index (κ1) is 14.6. The van der Waals surface area contributed by atoms with E-state index < -0.39 is 0 Å². The van der Waals surface area contributed by atoms with Crippen LogP contribution in [0.2, 0.25) is 0 Å². The number of likely N-dealkylation sites (tertiary alicyclic amines) is 1. The fourth-order valence-corrected chi connectivity index (χ4v) is 2.31. The lowest BCUT2D eigenvalue weighted by molar-refractivity contribution is 0.0633. The van der Waals surface area contributed by atoms with Crippen molar-refractivity contribution in [2.75, 3.05) is 26.2 Å². The Morgan fingerprint density at radius 2 is 2.15 bits per heavy atom. The number of hydrogen-bond acceptors (Lipinski definition) is 5. The molecule has 20 heavy (non-hydrogen) atoms. The Kier molecular flexibility index (Phi) is 5.20. The molecule has 1 atom stereocenters. The highest BCUT2D eigenvalue weighted by Gasteiger charge is 2.16. The Morgan fingerprint density at radius 3 is 2.80 bits per heavy atom. The molecule has 6 nitrogen and oxygen atoms in total. The average Bonchev–Trinajstić information content (AvgIpc) is 2.47. The van der Waals surface area contributed by atoms with Gasteiger partial charge in [0.2, 0.25) is 0 Å². The number of oxime groups is 1. The molecule has 2 rings (SSSR count). The molecule has 0 bridgehead atoms. The maximum absolute atomic E-state index is 9.58. The van der Waals surface area contributed by atoms with E-state index in [-0.39, 0.29) is 11.9 Å². The lowest BCUT2D eigenvalue weighted by atomic mass is 10.1. The van der Waals surface area contributed by atoms with Gasteiger partial charge in [-0.3, -0.25) is 4.90 Å². The number of aliphatic hydroxyl groups excluding tert-OH is 1. The number of β-amino-alcohol motifs (C(OH)–C–C–N with tert-alkyl or cyclic N) is 1. The van der Waals surface area contributed by atoms with E-state index in [2.05, 4.69) is 10.1 Å². The summed E-state index contributed by atoms with van der Waals surface area (Å²) in [6.45, 7) is 3.13. The predicted octanol–water partition coefficient (Wildman–Crippen LogP) is 0.617. The van der Waals surface area contributed by atoms with Gasteiger partial charge in [0.1, 0.15) is 12.4 Å². The van der Waals surface area contributed by atoms with Gasteiger partial charge in [-0.2, -0.15) is 0 Å². The lowest BCUT2D eigenvalue weighted by Gasteiger charge is -2.29. The van der Waals surface area contributed by atoms with E-state index in [0.717, 1.165) is 38.2 Å². The quantitative estimate of drug-likeness (QED) is 0.318. The summed E-state index contributed by atoms with van der Waals surface area (Å²) in [7, 11) is 0. The van der Waals surface area contributed by atoms with Crippen LogP contribution in [0.3, 0.4) is 0 Å². The molecule has 0 amide bonds. The molecule has 0 saturated carbocycles. The molecule has 0 aliphatic carbocycles. The first-order valence-corrected chi connectivity index (χ1v) is 6.80. The molecule has 1 heterocycles. The van der Waals surface area contributed by atoms with Crippen LogP contribution in [-0.2, 0) is 0 Å². The Hall–Kier alpha value is -1.79. The minimum Gasteiger partial charge on any atom is -0.492 e. The van der Waals surface area contributed by atoms with Gasteiger partial charge in [0.15, 0.2) is 5.84 Å². The summed E-state index contributed by atoms with van der Waals surface area (Å²) in [6.07, 6.45) is 1.73. The summed E-state index contributed by atoms with van der Waals surface area (Å²) >= 11 is 0. The summed E-state index contributed by atoms with van der Waals surface area (Å²) in [4.78, 5) is 2.21. The molecule has 0 radical (unpaired) electrons. The largest absolute Gasteiger partial charge is 0.492 e. The second kappa shape index (κ2) is 7.12. The standard InChI is InChI=1S/C14H21N3O3/c15-14(16-19)11-3-5-13(6-4-11)20-9-8-17-7-1-2-12(18)10-17/h3-6,12,18-19H,1-2,7-10H2,(H2,15,16). The van der Waals surface area contributed by atoms with E-state index >= 15 is 0 Å². The third kappa shape index (κ3) is 4.11. The third-order valence-electron chi connectivity index (χ3n) is 3.41. The van der Waals surface area contributed by atoms with Gasteiger partial charge in [-0.15, -0.1) is 0 Å². The molecule has 1 aromatic carbocycles. The van der Waals surface area contributed by atoms with Crippen LogP contribution in [0.5, 0.6) is 5.75 Å². The van der Waals surface area contributed by atoms with Crippen molar-refractivity contribution in [3.8, 4) is 5.75 Å². The summed E-state index contributed by atoms with van der Waals surface area (Å²) in [6, 6.07) is 7.07. The fraction of sp³-hybridized carbons (Fsp3) is 0.500. The number of aliphatic hydroxyl groups is 1. The zero-order valence-corrected chi connectivity index (χ0v) is 11.4. The van der Waals surface area contributed by atoms with Crippen LogP contribution < -0.4 is 10.5 Å². The normalized spacial score (nSPS) is 20.9. The first-order chi connectivity index (χ1) is 9.69.